The summed E-state index contributed by atoms with van der Waals surface area (Å²) in [6.07, 6.45) is 6.75. The zero-order valence-corrected chi connectivity index (χ0v) is 27.7. The highest BCUT2D eigenvalue weighted by Gasteiger charge is 2.85. The molecule has 0 aromatic carbocycles. The Bertz CT molecular complexity index is 1410. The summed E-state index contributed by atoms with van der Waals surface area (Å²) in [5, 5.41) is 24.4. The second-order valence-corrected chi connectivity index (χ2v) is 16.6. The molecule has 6 fully saturated rings. The first-order valence-electron chi connectivity index (χ1n) is 17.4. The van der Waals surface area contributed by atoms with E-state index in [0.29, 0.717) is 45.4 Å². The molecule has 0 radical (unpaired) electrons. The van der Waals surface area contributed by atoms with Gasteiger partial charge in [-0.05, 0) is 46.5 Å². The van der Waals surface area contributed by atoms with Crippen LogP contribution in [0.1, 0.15) is 66.7 Å². The third-order valence-electron chi connectivity index (χ3n) is 14.5. The number of aliphatic hydroxyl groups is 2. The van der Waals surface area contributed by atoms with E-state index in [1.54, 1.807) is 0 Å². The molecular formula is C36H49NO9. The first-order chi connectivity index (χ1) is 21.7. The van der Waals surface area contributed by atoms with E-state index in [9.17, 15) is 24.6 Å². The molecule has 14 atom stereocenters. The zero-order valence-electron chi connectivity index (χ0n) is 27.7. The summed E-state index contributed by atoms with van der Waals surface area (Å²) in [7, 11) is 0. The van der Waals surface area contributed by atoms with Crippen molar-refractivity contribution in [3.05, 3.63) is 23.8 Å². The number of esters is 3. The number of ether oxygens (including phenoxy) is 4. The van der Waals surface area contributed by atoms with Crippen LogP contribution in [0.15, 0.2) is 23.8 Å². The maximum absolute atomic E-state index is 14.8. The Morgan fingerprint density at radius 2 is 1.83 bits per heavy atom. The molecule has 5 aliphatic carbocycles. The van der Waals surface area contributed by atoms with Gasteiger partial charge in [-0.2, -0.15) is 0 Å². The lowest BCUT2D eigenvalue weighted by molar-refractivity contribution is -0.165. The van der Waals surface area contributed by atoms with Crippen molar-refractivity contribution in [1.82, 2.24) is 4.90 Å². The molecule has 8 rings (SSSR count). The van der Waals surface area contributed by atoms with Crippen LogP contribution in [0.4, 0.5) is 0 Å². The Labute approximate surface area is 270 Å². The number of hydrogen-bond donors (Lipinski definition) is 2. The molecule has 0 unspecified atom stereocenters. The minimum absolute atomic E-state index is 0.111. The van der Waals surface area contributed by atoms with E-state index in [2.05, 4.69) is 30.1 Å². The number of morpholine rings is 1. The van der Waals surface area contributed by atoms with Gasteiger partial charge in [-0.1, -0.05) is 30.7 Å². The van der Waals surface area contributed by atoms with Gasteiger partial charge in [-0.15, -0.1) is 0 Å². The molecular weight excluding hydrogens is 590 g/mol. The molecule has 10 nitrogen and oxygen atoms in total. The molecule has 3 saturated heterocycles. The predicted molar refractivity (Wildman–Crippen MR) is 164 cm³/mol. The normalized spacial score (nSPS) is 53.9. The molecule has 3 saturated carbocycles. The summed E-state index contributed by atoms with van der Waals surface area (Å²) < 4.78 is 24.6. The van der Waals surface area contributed by atoms with Crippen LogP contribution < -0.4 is 0 Å². The monoisotopic (exact) mass is 639 g/mol. The SMILES string of the molecule is CC(=O)O[C@H]1C[C@@](C)(O)[C@@H]2CC=C(C)[C@H]2[C@H]2OC(=O)[C@]3(C[C@@]45C=C[C@]3(C)[C@@H]4[C@H]3OC(=O)[C@@H](CN4CCOCC4)[C@@H]3CC[C@@]5(C)O)[C@@H]21. The van der Waals surface area contributed by atoms with E-state index in [0.717, 1.165) is 18.7 Å². The van der Waals surface area contributed by atoms with Gasteiger partial charge < -0.3 is 29.2 Å². The quantitative estimate of drug-likeness (QED) is 0.270. The maximum atomic E-state index is 14.8. The molecule has 46 heavy (non-hydrogen) atoms. The fourth-order valence-electron chi connectivity index (χ4n) is 12.4. The first-order valence-corrected chi connectivity index (χ1v) is 17.4. The average molecular weight is 640 g/mol. The van der Waals surface area contributed by atoms with Crippen LogP contribution in [0.25, 0.3) is 0 Å². The minimum atomic E-state index is -1.19. The van der Waals surface area contributed by atoms with Crippen LogP contribution in [0.2, 0.25) is 0 Å². The third-order valence-corrected chi connectivity index (χ3v) is 14.5. The second kappa shape index (κ2) is 9.89. The summed E-state index contributed by atoms with van der Waals surface area (Å²) in [4.78, 5) is 43.5. The van der Waals surface area contributed by atoms with Crippen molar-refractivity contribution in [3.8, 4) is 0 Å². The van der Waals surface area contributed by atoms with Gasteiger partial charge in [-0.25, -0.2) is 0 Å². The zero-order chi connectivity index (χ0) is 32.6. The van der Waals surface area contributed by atoms with Gasteiger partial charge in [0.2, 0.25) is 0 Å². The molecule has 0 amide bonds. The smallest absolute Gasteiger partial charge is 0.313 e. The predicted octanol–water partition coefficient (Wildman–Crippen LogP) is 2.80. The summed E-state index contributed by atoms with van der Waals surface area (Å²) >= 11 is 0. The van der Waals surface area contributed by atoms with Gasteiger partial charge in [0.1, 0.15) is 18.3 Å². The van der Waals surface area contributed by atoms with Crippen LogP contribution in [0, 0.1) is 51.8 Å². The van der Waals surface area contributed by atoms with E-state index in [1.165, 1.54) is 6.92 Å². The summed E-state index contributed by atoms with van der Waals surface area (Å²) in [6, 6.07) is 0. The van der Waals surface area contributed by atoms with Crippen molar-refractivity contribution in [1.29, 1.82) is 0 Å². The topological polar surface area (TPSA) is 132 Å². The van der Waals surface area contributed by atoms with Crippen molar-refractivity contribution in [3.63, 3.8) is 0 Å². The van der Waals surface area contributed by atoms with E-state index < -0.39 is 57.6 Å². The molecule has 2 N–H and O–H groups in total. The molecule has 252 valence electrons. The minimum Gasteiger partial charge on any atom is -0.462 e. The Morgan fingerprint density at radius 3 is 2.54 bits per heavy atom. The van der Waals surface area contributed by atoms with Gasteiger partial charge in [0.05, 0.1) is 41.7 Å². The van der Waals surface area contributed by atoms with Crippen molar-refractivity contribution < 1.29 is 43.5 Å². The van der Waals surface area contributed by atoms with Gasteiger partial charge in [-0.3, -0.25) is 19.3 Å². The van der Waals surface area contributed by atoms with Gasteiger partial charge >= 0.3 is 17.9 Å². The van der Waals surface area contributed by atoms with Gasteiger partial charge in [0, 0.05) is 67.5 Å². The van der Waals surface area contributed by atoms with Crippen LogP contribution in [0.3, 0.4) is 0 Å². The lowest BCUT2D eigenvalue weighted by Gasteiger charge is -2.46. The van der Waals surface area contributed by atoms with E-state index >= 15 is 0 Å². The number of nitrogens with zero attached hydrogens (tertiary/aromatic N) is 1. The number of fused-ring (bicyclic) bond motifs is 6. The highest BCUT2D eigenvalue weighted by Crippen LogP contribution is 2.80. The molecule has 2 bridgehead atoms. The fraction of sp³-hybridized carbons (Fsp3) is 0.806. The lowest BCUT2D eigenvalue weighted by Crippen LogP contribution is -2.53. The standard InChI is InChI=1S/C36H49NO9/c1-19-6-7-23-25(19)28-26(24(44-20(2)38)16-33(23,4)41)36(31(40)46-28)18-35-11-10-32(36,3)29(35)27-21(8-9-34(35,5)42)22(30(39)45-27)17-37-12-14-43-15-13-37/h6,10-11,21-29,41-42H,7-9,12-18H2,1-5H3/t21-,22-,23+,24-,25+,26+,27-,28+,29-,32+,33+,34+,35-,36-/m0/s1. The van der Waals surface area contributed by atoms with Crippen LogP contribution >= 0.6 is 0 Å². The Kier molecular flexibility index (Phi) is 6.67. The summed E-state index contributed by atoms with van der Waals surface area (Å²) in [5.74, 6) is -2.76. The van der Waals surface area contributed by atoms with Crippen LogP contribution in [-0.4, -0.2) is 95.4 Å². The van der Waals surface area contributed by atoms with Crippen LogP contribution in [0.5, 0.6) is 0 Å². The molecule has 3 heterocycles. The number of allylic oxidation sites excluding steroid dienone is 2. The average Bonchev–Trinajstić information content (AvgIpc) is 3.70. The molecule has 0 aromatic heterocycles. The Morgan fingerprint density at radius 1 is 1.09 bits per heavy atom. The third kappa shape index (κ3) is 3.81. The number of hydrogen-bond acceptors (Lipinski definition) is 10. The largest absolute Gasteiger partial charge is 0.462 e. The molecule has 8 aliphatic rings. The highest BCUT2D eigenvalue weighted by atomic mass is 16.6. The van der Waals surface area contributed by atoms with E-state index in [-0.39, 0.29) is 47.9 Å². The number of rotatable bonds is 3. The molecule has 1 spiro atoms. The Balaban J connectivity index is 1.26. The number of carbonyl (C=O) groups is 3. The molecule has 3 aliphatic heterocycles. The summed E-state index contributed by atoms with van der Waals surface area (Å²) in [5.41, 5.74) is -4.16. The Hall–Kier alpha value is -2.27. The van der Waals surface area contributed by atoms with Crippen molar-refractivity contribution in [2.75, 3.05) is 32.8 Å². The van der Waals surface area contributed by atoms with E-state index in [1.807, 2.05) is 20.8 Å². The fourth-order valence-corrected chi connectivity index (χ4v) is 12.4. The second-order valence-electron chi connectivity index (χ2n) is 16.6. The first kappa shape index (κ1) is 31.0. The van der Waals surface area contributed by atoms with Crippen LogP contribution in [-0.2, 0) is 33.3 Å². The summed E-state index contributed by atoms with van der Waals surface area (Å²) in [6.45, 7) is 12.6. The molecule has 10 heteroatoms. The highest BCUT2D eigenvalue weighted by molar-refractivity contribution is 5.84. The van der Waals surface area contributed by atoms with Gasteiger partial charge in [0.25, 0.3) is 0 Å². The van der Waals surface area contributed by atoms with Gasteiger partial charge in [0.15, 0.2) is 0 Å². The lowest BCUT2D eigenvalue weighted by atomic mass is 9.54. The van der Waals surface area contributed by atoms with E-state index in [4.69, 9.17) is 18.9 Å². The number of carbonyl (C=O) groups excluding carboxylic acids is 3. The van der Waals surface area contributed by atoms with Crippen molar-refractivity contribution in [2.24, 2.45) is 51.8 Å². The van der Waals surface area contributed by atoms with Crippen molar-refractivity contribution >= 4 is 17.9 Å². The maximum Gasteiger partial charge on any atom is 0.313 e. The molecule has 0 aromatic rings. The van der Waals surface area contributed by atoms with Crippen molar-refractivity contribution in [2.45, 2.75) is 96.2 Å².